The minimum absolute atomic E-state index is 0.0390. The number of nitrogens with one attached hydrogen (secondary N) is 2. The molecular formula is C12H14F2N2O2. The molecule has 1 heterocycles. The van der Waals surface area contributed by atoms with Gasteiger partial charge in [-0.2, -0.15) is 8.78 Å². The number of para-hydroxylation sites is 1. The van der Waals surface area contributed by atoms with Crippen molar-refractivity contribution in [3.63, 3.8) is 0 Å². The topological polar surface area (TPSA) is 50.4 Å². The molecule has 2 rings (SSSR count). The van der Waals surface area contributed by atoms with Gasteiger partial charge in [-0.15, -0.1) is 0 Å². The van der Waals surface area contributed by atoms with Crippen LogP contribution in [0.3, 0.4) is 0 Å². The van der Waals surface area contributed by atoms with Crippen LogP contribution >= 0.6 is 0 Å². The molecule has 1 saturated heterocycles. The fraction of sp³-hybridized carbons (Fsp3) is 0.417. The molecule has 0 aromatic heterocycles. The molecule has 2 N–H and O–H groups in total. The highest BCUT2D eigenvalue weighted by Crippen LogP contribution is 2.20. The Bertz CT molecular complexity index is 420. The van der Waals surface area contributed by atoms with Crippen LogP contribution < -0.4 is 15.4 Å². The van der Waals surface area contributed by atoms with E-state index in [0.29, 0.717) is 6.54 Å². The summed E-state index contributed by atoms with van der Waals surface area (Å²) in [5.74, 6) is -0.490. The standard InChI is InChI=1S/C12H14F2N2O2/c13-12(14)18-10-4-2-1-3-9(10)11(17)16-8-5-6-15-7-8/h1-4,8,12,15H,5-7H2,(H,16,17)/t8-/m0/s1. The van der Waals surface area contributed by atoms with Gasteiger partial charge in [-0.1, -0.05) is 12.1 Å². The summed E-state index contributed by atoms with van der Waals surface area (Å²) in [7, 11) is 0. The maximum absolute atomic E-state index is 12.2. The molecule has 0 bridgehead atoms. The Hall–Kier alpha value is -1.69. The van der Waals surface area contributed by atoms with Gasteiger partial charge in [0.1, 0.15) is 5.75 Å². The molecule has 0 spiro atoms. The number of amides is 1. The lowest BCUT2D eigenvalue weighted by Gasteiger charge is -2.14. The Morgan fingerprint density at radius 1 is 1.44 bits per heavy atom. The lowest BCUT2D eigenvalue weighted by atomic mass is 10.1. The minimum atomic E-state index is -2.94. The quantitative estimate of drug-likeness (QED) is 0.855. The van der Waals surface area contributed by atoms with Crippen molar-refractivity contribution in [3.05, 3.63) is 29.8 Å². The van der Waals surface area contributed by atoms with Crippen molar-refractivity contribution >= 4 is 5.91 Å². The normalized spacial score (nSPS) is 18.9. The molecule has 1 amide bonds. The Balaban J connectivity index is 2.08. The first-order chi connectivity index (χ1) is 8.66. The van der Waals surface area contributed by atoms with Gasteiger partial charge in [-0.05, 0) is 25.1 Å². The third-order valence-electron chi connectivity index (χ3n) is 2.74. The van der Waals surface area contributed by atoms with Crippen molar-refractivity contribution in [1.82, 2.24) is 10.6 Å². The van der Waals surface area contributed by atoms with Gasteiger partial charge in [0.2, 0.25) is 0 Å². The van der Waals surface area contributed by atoms with Gasteiger partial charge in [0.25, 0.3) is 5.91 Å². The number of rotatable bonds is 4. The fourth-order valence-electron chi connectivity index (χ4n) is 1.89. The van der Waals surface area contributed by atoms with Crippen LogP contribution in [0.15, 0.2) is 24.3 Å². The summed E-state index contributed by atoms with van der Waals surface area (Å²) in [5, 5.41) is 5.89. The van der Waals surface area contributed by atoms with E-state index in [1.807, 2.05) is 0 Å². The van der Waals surface area contributed by atoms with Gasteiger partial charge in [-0.25, -0.2) is 0 Å². The molecule has 0 radical (unpaired) electrons. The van der Waals surface area contributed by atoms with Gasteiger partial charge < -0.3 is 15.4 Å². The van der Waals surface area contributed by atoms with E-state index < -0.39 is 6.61 Å². The molecule has 0 saturated carbocycles. The summed E-state index contributed by atoms with van der Waals surface area (Å²) >= 11 is 0. The predicted molar refractivity (Wildman–Crippen MR) is 61.8 cm³/mol. The maximum Gasteiger partial charge on any atom is 0.387 e. The molecular weight excluding hydrogens is 242 g/mol. The Morgan fingerprint density at radius 2 is 2.22 bits per heavy atom. The number of alkyl halides is 2. The van der Waals surface area contributed by atoms with Crippen LogP contribution in [0.1, 0.15) is 16.8 Å². The number of hydrogen-bond donors (Lipinski definition) is 2. The molecule has 18 heavy (non-hydrogen) atoms. The van der Waals surface area contributed by atoms with E-state index in [2.05, 4.69) is 15.4 Å². The lowest BCUT2D eigenvalue weighted by molar-refractivity contribution is -0.0501. The molecule has 98 valence electrons. The SMILES string of the molecule is O=C(N[C@H]1CCNC1)c1ccccc1OC(F)F. The number of halogens is 2. The lowest BCUT2D eigenvalue weighted by Crippen LogP contribution is -2.36. The van der Waals surface area contributed by atoms with Gasteiger partial charge in [-0.3, -0.25) is 4.79 Å². The zero-order chi connectivity index (χ0) is 13.0. The van der Waals surface area contributed by atoms with Crippen LogP contribution in [0.25, 0.3) is 0 Å². The summed E-state index contributed by atoms with van der Waals surface area (Å²) in [6, 6.07) is 6.02. The highest BCUT2D eigenvalue weighted by Gasteiger charge is 2.20. The van der Waals surface area contributed by atoms with Gasteiger partial charge in [0.05, 0.1) is 5.56 Å². The zero-order valence-corrected chi connectivity index (χ0v) is 9.66. The summed E-state index contributed by atoms with van der Waals surface area (Å²) in [5.41, 5.74) is 0.129. The van der Waals surface area contributed by atoms with Crippen LogP contribution in [-0.4, -0.2) is 31.7 Å². The second-order valence-corrected chi connectivity index (χ2v) is 4.04. The fourth-order valence-corrected chi connectivity index (χ4v) is 1.89. The molecule has 4 nitrogen and oxygen atoms in total. The number of carbonyl (C=O) groups excluding carboxylic acids is 1. The minimum Gasteiger partial charge on any atom is -0.434 e. The molecule has 0 aliphatic carbocycles. The Labute approximate surface area is 103 Å². The van der Waals surface area contributed by atoms with Crippen LogP contribution in [0, 0.1) is 0 Å². The molecule has 1 atom stereocenters. The maximum atomic E-state index is 12.2. The molecule has 1 fully saturated rings. The summed E-state index contributed by atoms with van der Waals surface area (Å²) in [6.07, 6.45) is 0.837. The highest BCUT2D eigenvalue weighted by atomic mass is 19.3. The van der Waals surface area contributed by atoms with Crippen LogP contribution in [-0.2, 0) is 0 Å². The molecule has 1 aromatic carbocycles. The second-order valence-electron chi connectivity index (χ2n) is 4.04. The van der Waals surface area contributed by atoms with Crippen molar-refractivity contribution in [1.29, 1.82) is 0 Å². The van der Waals surface area contributed by atoms with E-state index in [4.69, 9.17) is 0 Å². The van der Waals surface area contributed by atoms with Crippen LogP contribution in [0.4, 0.5) is 8.78 Å². The molecule has 1 aliphatic heterocycles. The Kier molecular flexibility index (Phi) is 4.09. The van der Waals surface area contributed by atoms with Gasteiger partial charge >= 0.3 is 6.61 Å². The first-order valence-corrected chi connectivity index (χ1v) is 5.72. The first-order valence-electron chi connectivity index (χ1n) is 5.72. The van der Waals surface area contributed by atoms with E-state index in [1.165, 1.54) is 12.1 Å². The molecule has 1 aliphatic rings. The van der Waals surface area contributed by atoms with Crippen molar-refractivity contribution in [2.75, 3.05) is 13.1 Å². The first kappa shape index (κ1) is 12.8. The summed E-state index contributed by atoms with van der Waals surface area (Å²) < 4.78 is 28.7. The largest absolute Gasteiger partial charge is 0.434 e. The molecule has 1 aromatic rings. The summed E-state index contributed by atoms with van der Waals surface area (Å²) in [6.45, 7) is -1.39. The van der Waals surface area contributed by atoms with Crippen LogP contribution in [0.5, 0.6) is 5.75 Å². The zero-order valence-electron chi connectivity index (χ0n) is 9.66. The van der Waals surface area contributed by atoms with E-state index >= 15 is 0 Å². The van der Waals surface area contributed by atoms with Crippen molar-refractivity contribution < 1.29 is 18.3 Å². The summed E-state index contributed by atoms with van der Waals surface area (Å²) in [4.78, 5) is 11.9. The molecule has 6 heteroatoms. The van der Waals surface area contributed by atoms with Crippen molar-refractivity contribution in [2.24, 2.45) is 0 Å². The van der Waals surface area contributed by atoms with E-state index in [1.54, 1.807) is 12.1 Å². The van der Waals surface area contributed by atoms with E-state index in [-0.39, 0.29) is 23.3 Å². The average Bonchev–Trinajstić information content (AvgIpc) is 2.81. The highest BCUT2D eigenvalue weighted by molar-refractivity contribution is 5.97. The third-order valence-corrected chi connectivity index (χ3v) is 2.74. The van der Waals surface area contributed by atoms with Gasteiger partial charge in [0.15, 0.2) is 0 Å². The van der Waals surface area contributed by atoms with Crippen molar-refractivity contribution in [2.45, 2.75) is 19.1 Å². The number of carbonyl (C=O) groups is 1. The smallest absolute Gasteiger partial charge is 0.387 e. The third kappa shape index (κ3) is 3.16. The van der Waals surface area contributed by atoms with Crippen molar-refractivity contribution in [3.8, 4) is 5.75 Å². The number of hydrogen-bond acceptors (Lipinski definition) is 3. The number of benzene rings is 1. The monoisotopic (exact) mass is 256 g/mol. The predicted octanol–water partition coefficient (Wildman–Crippen LogP) is 1.38. The van der Waals surface area contributed by atoms with Gasteiger partial charge in [0, 0.05) is 12.6 Å². The molecule has 0 unspecified atom stereocenters. The van der Waals surface area contributed by atoms with E-state index in [9.17, 15) is 13.6 Å². The average molecular weight is 256 g/mol. The Morgan fingerprint density at radius 3 is 2.89 bits per heavy atom. The number of ether oxygens (including phenoxy) is 1. The second kappa shape index (κ2) is 5.77. The van der Waals surface area contributed by atoms with E-state index in [0.717, 1.165) is 13.0 Å². The van der Waals surface area contributed by atoms with Crippen LogP contribution in [0.2, 0.25) is 0 Å².